The highest BCUT2D eigenvalue weighted by molar-refractivity contribution is 5.39. The minimum absolute atomic E-state index is 0.756. The Balaban J connectivity index is 1.15. The number of rotatable bonds is 8. The van der Waals surface area contributed by atoms with Gasteiger partial charge in [0.2, 0.25) is 0 Å². The van der Waals surface area contributed by atoms with Crippen molar-refractivity contribution in [2.24, 2.45) is 29.6 Å². The molecule has 3 aliphatic carbocycles. The van der Waals surface area contributed by atoms with Crippen molar-refractivity contribution in [3.8, 4) is 11.8 Å². The smallest absolute Gasteiger partial charge is 0.0249 e. The second-order valence-electron chi connectivity index (χ2n) is 12.4. The monoisotopic (exact) mass is 472 g/mol. The fourth-order valence-electron chi connectivity index (χ4n) is 7.59. The number of hydrogen-bond acceptors (Lipinski definition) is 0. The van der Waals surface area contributed by atoms with Crippen molar-refractivity contribution in [1.82, 2.24) is 0 Å². The van der Waals surface area contributed by atoms with Crippen LogP contribution in [0, 0.1) is 41.4 Å². The molecule has 0 N–H and O–H groups in total. The van der Waals surface area contributed by atoms with Crippen molar-refractivity contribution in [3.63, 3.8) is 0 Å². The fraction of sp³-hybridized carbons (Fsp3) is 0.714. The normalized spacial score (nSPS) is 31.7. The van der Waals surface area contributed by atoms with Crippen LogP contribution in [0.3, 0.4) is 0 Å². The third-order valence-corrected chi connectivity index (χ3v) is 9.93. The van der Waals surface area contributed by atoms with Gasteiger partial charge in [-0.2, -0.15) is 0 Å². The molecule has 1 aromatic carbocycles. The summed E-state index contributed by atoms with van der Waals surface area (Å²) < 4.78 is 0. The van der Waals surface area contributed by atoms with Gasteiger partial charge in [0.15, 0.2) is 0 Å². The van der Waals surface area contributed by atoms with Gasteiger partial charge in [0.25, 0.3) is 0 Å². The third kappa shape index (κ3) is 8.27. The lowest BCUT2D eigenvalue weighted by Gasteiger charge is -2.37. The predicted octanol–water partition coefficient (Wildman–Crippen LogP) is 10.5. The van der Waals surface area contributed by atoms with E-state index in [4.69, 9.17) is 0 Å². The van der Waals surface area contributed by atoms with Crippen molar-refractivity contribution in [1.29, 1.82) is 0 Å². The first-order valence-electron chi connectivity index (χ1n) is 15.5. The second kappa shape index (κ2) is 14.3. The summed E-state index contributed by atoms with van der Waals surface area (Å²) in [5.41, 5.74) is 2.70. The van der Waals surface area contributed by atoms with Crippen molar-refractivity contribution in [3.05, 3.63) is 47.5 Å². The average molecular weight is 473 g/mol. The molecule has 1 aromatic rings. The first-order valence-corrected chi connectivity index (χ1v) is 15.5. The van der Waals surface area contributed by atoms with E-state index in [1.807, 2.05) is 0 Å². The predicted molar refractivity (Wildman–Crippen MR) is 152 cm³/mol. The Bertz CT molecular complexity index is 794. The average Bonchev–Trinajstić information content (AvgIpc) is 2.92. The van der Waals surface area contributed by atoms with E-state index in [-0.39, 0.29) is 0 Å². The largest absolute Gasteiger partial charge is 0.0730 e. The van der Waals surface area contributed by atoms with Crippen LogP contribution in [0.1, 0.15) is 140 Å². The quantitative estimate of drug-likeness (QED) is 0.330. The molecule has 0 aromatic heterocycles. The zero-order valence-electron chi connectivity index (χ0n) is 22.9. The zero-order valence-corrected chi connectivity index (χ0v) is 22.9. The van der Waals surface area contributed by atoms with Gasteiger partial charge in [-0.05, 0) is 123 Å². The molecule has 3 aliphatic rings. The Morgan fingerprint density at radius 1 is 0.686 bits per heavy atom. The van der Waals surface area contributed by atoms with Crippen LogP contribution in [0.25, 0.3) is 0 Å². The van der Waals surface area contributed by atoms with E-state index < -0.39 is 0 Å². The minimum Gasteiger partial charge on any atom is -0.0730 e. The van der Waals surface area contributed by atoms with Gasteiger partial charge in [0, 0.05) is 5.56 Å². The van der Waals surface area contributed by atoms with Gasteiger partial charge in [-0.1, -0.05) is 88.8 Å². The van der Waals surface area contributed by atoms with E-state index >= 15 is 0 Å². The summed E-state index contributed by atoms with van der Waals surface area (Å²) in [6.07, 6.45) is 29.0. The summed E-state index contributed by atoms with van der Waals surface area (Å²) in [5.74, 6) is 12.3. The second-order valence-corrected chi connectivity index (χ2v) is 12.4. The van der Waals surface area contributed by atoms with Gasteiger partial charge in [-0.3, -0.25) is 0 Å². The van der Waals surface area contributed by atoms with Crippen molar-refractivity contribution in [2.75, 3.05) is 0 Å². The van der Waals surface area contributed by atoms with Crippen LogP contribution in [0.2, 0.25) is 0 Å². The van der Waals surface area contributed by atoms with Crippen molar-refractivity contribution in [2.45, 2.75) is 129 Å². The van der Waals surface area contributed by atoms with Gasteiger partial charge >= 0.3 is 0 Å². The van der Waals surface area contributed by atoms with E-state index in [0.717, 1.165) is 41.1 Å². The maximum absolute atomic E-state index is 3.38. The Labute approximate surface area is 217 Å². The summed E-state index contributed by atoms with van der Waals surface area (Å²) in [4.78, 5) is 0. The van der Waals surface area contributed by atoms with Crippen LogP contribution in [-0.2, 0) is 0 Å². The summed E-state index contributed by atoms with van der Waals surface area (Å²) in [6, 6.07) is 9.18. The highest BCUT2D eigenvalue weighted by atomic mass is 14.4. The molecule has 3 saturated carbocycles. The van der Waals surface area contributed by atoms with Crippen LogP contribution in [-0.4, -0.2) is 0 Å². The van der Waals surface area contributed by atoms with E-state index in [0.29, 0.717) is 0 Å². The van der Waals surface area contributed by atoms with Crippen LogP contribution >= 0.6 is 0 Å². The molecule has 0 bridgehead atoms. The molecule has 0 aliphatic heterocycles. The maximum Gasteiger partial charge on any atom is 0.0249 e. The molecule has 0 atom stereocenters. The number of hydrogen-bond donors (Lipinski definition) is 0. The number of benzene rings is 1. The molecule has 0 amide bonds. The fourth-order valence-corrected chi connectivity index (χ4v) is 7.59. The summed E-state index contributed by atoms with van der Waals surface area (Å²) >= 11 is 0. The first kappa shape index (κ1) is 26.6. The molecule has 0 heteroatoms. The summed E-state index contributed by atoms with van der Waals surface area (Å²) in [6.45, 7) is 4.66. The van der Waals surface area contributed by atoms with Gasteiger partial charge in [-0.25, -0.2) is 0 Å². The molecule has 0 unspecified atom stereocenters. The SMILES string of the molecule is CCCCC1CCC(C2CCC(C=CC#Cc3ccc(C4CCC(CCC)CC4)cc3)CC2)CC1. The zero-order chi connectivity index (χ0) is 24.3. The number of unbranched alkanes of at least 4 members (excludes halogenated alkanes) is 1. The molecular weight excluding hydrogens is 420 g/mol. The van der Waals surface area contributed by atoms with Gasteiger partial charge in [0.1, 0.15) is 0 Å². The summed E-state index contributed by atoms with van der Waals surface area (Å²) in [5, 5.41) is 0. The molecule has 35 heavy (non-hydrogen) atoms. The summed E-state index contributed by atoms with van der Waals surface area (Å²) in [7, 11) is 0. The standard InChI is InChI=1S/C35H52/c1-3-5-9-29-14-22-33(23-15-29)35-26-18-31(19-27-35)11-7-6-10-30-16-24-34(25-17-30)32-20-12-28(8-4-2)13-21-32/h7,11,16-17,24-25,28-29,31-33,35H,3-5,8-9,12-15,18-23,26-27H2,1-2H3. The molecule has 0 nitrogen and oxygen atoms in total. The van der Waals surface area contributed by atoms with E-state index in [1.165, 1.54) is 115 Å². The van der Waals surface area contributed by atoms with Crippen molar-refractivity contribution >= 4 is 0 Å². The first-order chi connectivity index (χ1) is 17.2. The van der Waals surface area contributed by atoms with Crippen LogP contribution in [0.5, 0.6) is 0 Å². The molecular formula is C35H52. The highest BCUT2D eigenvalue weighted by Crippen LogP contribution is 2.42. The highest BCUT2D eigenvalue weighted by Gasteiger charge is 2.30. The maximum atomic E-state index is 3.38. The minimum atomic E-state index is 0.756. The topological polar surface area (TPSA) is 0 Å². The lowest BCUT2D eigenvalue weighted by molar-refractivity contribution is 0.152. The van der Waals surface area contributed by atoms with Gasteiger partial charge < -0.3 is 0 Å². The molecule has 192 valence electrons. The molecule has 0 radical (unpaired) electrons. The van der Waals surface area contributed by atoms with Crippen LogP contribution in [0.15, 0.2) is 36.4 Å². The third-order valence-electron chi connectivity index (χ3n) is 9.93. The van der Waals surface area contributed by atoms with E-state index in [9.17, 15) is 0 Å². The molecule has 0 spiro atoms. The van der Waals surface area contributed by atoms with E-state index in [1.54, 1.807) is 0 Å². The molecule has 0 saturated heterocycles. The Kier molecular flexibility index (Phi) is 10.9. The Morgan fingerprint density at radius 2 is 1.29 bits per heavy atom. The lowest BCUT2D eigenvalue weighted by Crippen LogP contribution is -2.25. The Hall–Kier alpha value is -1.48. The molecule has 3 fully saturated rings. The van der Waals surface area contributed by atoms with E-state index in [2.05, 4.69) is 62.1 Å². The van der Waals surface area contributed by atoms with Crippen LogP contribution < -0.4 is 0 Å². The van der Waals surface area contributed by atoms with Gasteiger partial charge in [0.05, 0.1) is 0 Å². The van der Waals surface area contributed by atoms with Crippen LogP contribution in [0.4, 0.5) is 0 Å². The molecule has 4 rings (SSSR count). The molecule has 0 heterocycles. The Morgan fingerprint density at radius 3 is 1.91 bits per heavy atom. The number of allylic oxidation sites excluding steroid dienone is 2. The van der Waals surface area contributed by atoms with Gasteiger partial charge in [-0.15, -0.1) is 0 Å². The van der Waals surface area contributed by atoms with Crippen molar-refractivity contribution < 1.29 is 0 Å². The lowest BCUT2D eigenvalue weighted by atomic mass is 9.68.